The van der Waals surface area contributed by atoms with Crippen LogP contribution in [0.2, 0.25) is 0 Å². The SMILES string of the molecule is CCOC(=O)[C@](N)(c1[nH]c(Br)cc1Br)C(F)(F)F. The summed E-state index contributed by atoms with van der Waals surface area (Å²) < 4.78 is 43.9. The van der Waals surface area contributed by atoms with Gasteiger partial charge in [0.1, 0.15) is 0 Å². The van der Waals surface area contributed by atoms with Gasteiger partial charge in [-0.2, -0.15) is 13.2 Å². The zero-order valence-corrected chi connectivity index (χ0v) is 12.2. The molecule has 0 aliphatic heterocycles. The molecule has 0 unspecified atom stereocenters. The molecule has 18 heavy (non-hydrogen) atoms. The van der Waals surface area contributed by atoms with Crippen molar-refractivity contribution < 1.29 is 22.7 Å². The van der Waals surface area contributed by atoms with Gasteiger partial charge < -0.3 is 15.5 Å². The highest BCUT2D eigenvalue weighted by atomic mass is 79.9. The standard InChI is InChI=1S/C9H9Br2F3N2O2/c1-2-18-7(17)8(15,9(12,13)14)6-4(10)3-5(11)16-6/h3,16H,2,15H2,1H3/t8-/m1/s1. The van der Waals surface area contributed by atoms with Crippen LogP contribution in [0.3, 0.4) is 0 Å². The average Bonchev–Trinajstić information content (AvgIpc) is 2.55. The summed E-state index contributed by atoms with van der Waals surface area (Å²) in [6, 6.07) is 1.32. The maximum Gasteiger partial charge on any atom is 0.423 e. The Morgan fingerprint density at radius 3 is 2.39 bits per heavy atom. The zero-order valence-electron chi connectivity index (χ0n) is 9.07. The largest absolute Gasteiger partial charge is 0.464 e. The van der Waals surface area contributed by atoms with E-state index in [1.54, 1.807) is 0 Å². The first kappa shape index (κ1) is 15.5. The molecule has 0 saturated heterocycles. The van der Waals surface area contributed by atoms with Gasteiger partial charge in [0, 0.05) is 4.47 Å². The Hall–Kier alpha value is -0.540. The molecule has 0 aliphatic carbocycles. The number of H-pyrrole nitrogens is 1. The maximum atomic E-state index is 13.1. The lowest BCUT2D eigenvalue weighted by Crippen LogP contribution is -2.57. The lowest BCUT2D eigenvalue weighted by atomic mass is 9.96. The average molecular weight is 394 g/mol. The molecule has 1 atom stereocenters. The summed E-state index contributed by atoms with van der Waals surface area (Å²) in [5.41, 5.74) is 1.50. The summed E-state index contributed by atoms with van der Waals surface area (Å²) >= 11 is 5.89. The van der Waals surface area contributed by atoms with E-state index in [0.717, 1.165) is 0 Å². The molecule has 4 nitrogen and oxygen atoms in total. The second-order valence-corrected chi connectivity index (χ2v) is 5.08. The molecule has 0 saturated carbocycles. The first-order valence-corrected chi connectivity index (χ1v) is 6.30. The van der Waals surface area contributed by atoms with Gasteiger partial charge in [-0.3, -0.25) is 0 Å². The number of esters is 1. The molecule has 9 heteroatoms. The van der Waals surface area contributed by atoms with E-state index in [1.807, 2.05) is 0 Å². The van der Waals surface area contributed by atoms with Crippen molar-refractivity contribution in [3.63, 3.8) is 0 Å². The predicted octanol–water partition coefficient (Wildman–Crippen LogP) is 2.82. The normalized spacial score (nSPS) is 15.3. The highest BCUT2D eigenvalue weighted by molar-refractivity contribution is 9.11. The van der Waals surface area contributed by atoms with Crippen molar-refractivity contribution in [3.8, 4) is 0 Å². The van der Waals surface area contributed by atoms with Crippen LogP contribution in [0, 0.1) is 0 Å². The number of hydrogen-bond acceptors (Lipinski definition) is 3. The van der Waals surface area contributed by atoms with Crippen LogP contribution in [0.25, 0.3) is 0 Å². The second-order valence-electron chi connectivity index (χ2n) is 3.37. The molecule has 0 aromatic carbocycles. The van der Waals surface area contributed by atoms with Crippen molar-refractivity contribution >= 4 is 37.8 Å². The van der Waals surface area contributed by atoms with Crippen molar-refractivity contribution in [2.45, 2.75) is 18.6 Å². The monoisotopic (exact) mass is 392 g/mol. The fraction of sp³-hybridized carbons (Fsp3) is 0.444. The first-order valence-electron chi connectivity index (χ1n) is 4.71. The van der Waals surface area contributed by atoms with Gasteiger partial charge >= 0.3 is 12.1 Å². The topological polar surface area (TPSA) is 68.1 Å². The lowest BCUT2D eigenvalue weighted by Gasteiger charge is -2.28. The number of nitrogens with one attached hydrogen (secondary N) is 1. The minimum Gasteiger partial charge on any atom is -0.464 e. The van der Waals surface area contributed by atoms with E-state index < -0.39 is 23.4 Å². The van der Waals surface area contributed by atoms with Crippen molar-refractivity contribution in [3.05, 3.63) is 20.8 Å². The van der Waals surface area contributed by atoms with Crippen molar-refractivity contribution in [1.29, 1.82) is 0 Å². The molecule has 102 valence electrons. The van der Waals surface area contributed by atoms with Crippen LogP contribution in [0.15, 0.2) is 15.1 Å². The van der Waals surface area contributed by atoms with E-state index in [-0.39, 0.29) is 15.7 Å². The molecule has 0 radical (unpaired) electrons. The van der Waals surface area contributed by atoms with Gasteiger partial charge in [-0.25, -0.2) is 4.79 Å². The van der Waals surface area contributed by atoms with Gasteiger partial charge in [-0.1, -0.05) is 0 Å². The second kappa shape index (κ2) is 5.22. The Balaban J connectivity index is 3.39. The Labute approximate surface area is 117 Å². The summed E-state index contributed by atoms with van der Waals surface area (Å²) in [6.45, 7) is 1.20. The predicted molar refractivity (Wildman–Crippen MR) is 64.7 cm³/mol. The van der Waals surface area contributed by atoms with Crippen molar-refractivity contribution in [2.24, 2.45) is 5.73 Å². The van der Waals surface area contributed by atoms with Crippen LogP contribution in [-0.4, -0.2) is 23.7 Å². The van der Waals surface area contributed by atoms with E-state index in [1.165, 1.54) is 13.0 Å². The Kier molecular flexibility index (Phi) is 4.50. The smallest absolute Gasteiger partial charge is 0.423 e. The third kappa shape index (κ3) is 2.57. The number of hydrogen-bond donors (Lipinski definition) is 2. The number of alkyl halides is 3. The Morgan fingerprint density at radius 1 is 1.50 bits per heavy atom. The van der Waals surface area contributed by atoms with Crippen molar-refractivity contribution in [1.82, 2.24) is 4.98 Å². The summed E-state index contributed by atoms with van der Waals surface area (Å²) in [7, 11) is 0. The number of halogens is 5. The zero-order chi connectivity index (χ0) is 14.1. The Morgan fingerprint density at radius 2 is 2.06 bits per heavy atom. The van der Waals surface area contributed by atoms with Crippen LogP contribution in [0.4, 0.5) is 13.2 Å². The molecule has 0 spiro atoms. The number of aromatic nitrogens is 1. The van der Waals surface area contributed by atoms with E-state index >= 15 is 0 Å². The van der Waals surface area contributed by atoms with Gasteiger partial charge in [0.05, 0.1) is 16.9 Å². The summed E-state index contributed by atoms with van der Waals surface area (Å²) in [5, 5.41) is 0. The fourth-order valence-corrected chi connectivity index (χ4v) is 2.67. The molecule has 1 rings (SSSR count). The summed E-state index contributed by atoms with van der Waals surface area (Å²) in [6.07, 6.45) is -4.99. The molecular weight excluding hydrogens is 385 g/mol. The fourth-order valence-electron chi connectivity index (χ4n) is 1.29. The number of carbonyl (C=O) groups excluding carboxylic acids is 1. The molecule has 1 aromatic heterocycles. The van der Waals surface area contributed by atoms with Crippen LogP contribution in [0.1, 0.15) is 12.6 Å². The molecule has 1 aromatic rings. The number of carbonyl (C=O) groups is 1. The summed E-state index contributed by atoms with van der Waals surface area (Å²) in [4.78, 5) is 13.9. The number of aromatic amines is 1. The van der Waals surface area contributed by atoms with Gasteiger partial charge in [0.25, 0.3) is 5.54 Å². The number of nitrogens with two attached hydrogens (primary N) is 1. The van der Waals surface area contributed by atoms with Crippen LogP contribution in [0.5, 0.6) is 0 Å². The first-order chi connectivity index (χ1) is 8.14. The highest BCUT2D eigenvalue weighted by Gasteiger charge is 2.62. The van der Waals surface area contributed by atoms with E-state index in [2.05, 4.69) is 41.6 Å². The number of ether oxygens (including phenoxy) is 1. The molecule has 3 N–H and O–H groups in total. The lowest BCUT2D eigenvalue weighted by molar-refractivity contribution is -0.209. The maximum absolute atomic E-state index is 13.1. The highest BCUT2D eigenvalue weighted by Crippen LogP contribution is 2.41. The molecule has 0 bridgehead atoms. The van der Waals surface area contributed by atoms with Gasteiger partial charge in [0.15, 0.2) is 0 Å². The van der Waals surface area contributed by atoms with Gasteiger partial charge in [-0.05, 0) is 44.8 Å². The van der Waals surface area contributed by atoms with E-state index in [0.29, 0.717) is 0 Å². The molecule has 0 aliphatic rings. The molecular formula is C9H9Br2F3N2O2. The molecule has 0 fully saturated rings. The number of rotatable bonds is 3. The Bertz CT molecular complexity index is 461. The van der Waals surface area contributed by atoms with Gasteiger partial charge in [0.2, 0.25) is 0 Å². The summed E-state index contributed by atoms with van der Waals surface area (Å²) in [5.74, 6) is -1.56. The van der Waals surface area contributed by atoms with Crippen LogP contribution < -0.4 is 5.73 Å². The third-order valence-corrected chi connectivity index (χ3v) is 3.23. The minimum absolute atomic E-state index is 0.0299. The minimum atomic E-state index is -4.99. The van der Waals surface area contributed by atoms with Crippen LogP contribution in [-0.2, 0) is 15.1 Å². The van der Waals surface area contributed by atoms with E-state index in [4.69, 9.17) is 5.73 Å². The quantitative estimate of drug-likeness (QED) is 0.776. The van der Waals surface area contributed by atoms with Gasteiger partial charge in [-0.15, -0.1) is 0 Å². The third-order valence-electron chi connectivity index (χ3n) is 2.18. The van der Waals surface area contributed by atoms with E-state index in [9.17, 15) is 18.0 Å². The van der Waals surface area contributed by atoms with Crippen LogP contribution >= 0.6 is 31.9 Å². The van der Waals surface area contributed by atoms with Crippen molar-refractivity contribution in [2.75, 3.05) is 6.61 Å². The molecule has 0 amide bonds. The molecule has 1 heterocycles.